The Morgan fingerprint density at radius 3 is 2.57 bits per heavy atom. The molecule has 1 atom stereocenters. The van der Waals surface area contributed by atoms with Gasteiger partial charge in [0.25, 0.3) is 5.91 Å². The molecule has 0 saturated heterocycles. The van der Waals surface area contributed by atoms with Crippen molar-refractivity contribution in [3.05, 3.63) is 16.5 Å². The molecule has 2 rings (SSSR count). The maximum absolute atomic E-state index is 12.4. The first kappa shape index (κ1) is 17.5. The van der Waals surface area contributed by atoms with Crippen LogP contribution in [0.25, 0.3) is 0 Å². The summed E-state index contributed by atoms with van der Waals surface area (Å²) in [5.74, 6) is -1.51. The van der Waals surface area contributed by atoms with Crippen molar-refractivity contribution in [1.82, 2.24) is 5.32 Å². The zero-order chi connectivity index (χ0) is 17.0. The number of amides is 2. The second-order valence-corrected chi connectivity index (χ2v) is 6.86. The molecule has 7 heteroatoms. The first-order valence-electron chi connectivity index (χ1n) is 7.93. The lowest BCUT2D eigenvalue weighted by atomic mass is 10.1. The maximum Gasteiger partial charge on any atom is 0.326 e. The van der Waals surface area contributed by atoms with E-state index in [1.54, 1.807) is 6.07 Å². The Labute approximate surface area is 139 Å². The van der Waals surface area contributed by atoms with E-state index in [9.17, 15) is 14.4 Å². The van der Waals surface area contributed by atoms with Crippen LogP contribution in [0.4, 0.5) is 5.00 Å². The van der Waals surface area contributed by atoms with Crippen molar-refractivity contribution in [2.75, 3.05) is 5.32 Å². The molecule has 1 saturated carbocycles. The molecule has 0 bridgehead atoms. The Morgan fingerprint density at radius 2 is 2.04 bits per heavy atom. The fourth-order valence-electron chi connectivity index (χ4n) is 2.22. The molecule has 1 heterocycles. The largest absolute Gasteiger partial charge is 0.480 e. The van der Waals surface area contributed by atoms with Crippen LogP contribution in [0.1, 0.15) is 54.8 Å². The van der Waals surface area contributed by atoms with E-state index in [2.05, 4.69) is 10.6 Å². The highest BCUT2D eigenvalue weighted by Gasteiger charge is 2.31. The van der Waals surface area contributed by atoms with E-state index in [1.807, 2.05) is 13.8 Å². The van der Waals surface area contributed by atoms with Crippen LogP contribution in [0.2, 0.25) is 0 Å². The number of carbonyl (C=O) groups excluding carboxylic acids is 2. The van der Waals surface area contributed by atoms with E-state index in [-0.39, 0.29) is 11.8 Å². The van der Waals surface area contributed by atoms with Crippen molar-refractivity contribution in [3.63, 3.8) is 0 Å². The lowest BCUT2D eigenvalue weighted by molar-refractivity contribution is -0.139. The molecule has 0 spiro atoms. The SMILES string of the molecule is CCCC(NC(=O)c1cc(CC)sc1NC(=O)C1CC1)C(=O)O. The highest BCUT2D eigenvalue weighted by Crippen LogP contribution is 2.34. The van der Waals surface area contributed by atoms with Gasteiger partial charge in [0.05, 0.1) is 5.56 Å². The van der Waals surface area contributed by atoms with Crippen molar-refractivity contribution >= 4 is 34.1 Å². The number of nitrogens with one attached hydrogen (secondary N) is 2. The predicted molar refractivity (Wildman–Crippen MR) is 88.8 cm³/mol. The molecule has 1 aromatic heterocycles. The average molecular weight is 338 g/mol. The number of carboxylic acids is 1. The minimum atomic E-state index is -1.05. The van der Waals surface area contributed by atoms with E-state index in [0.29, 0.717) is 23.4 Å². The van der Waals surface area contributed by atoms with Crippen molar-refractivity contribution in [2.24, 2.45) is 5.92 Å². The number of hydrogen-bond donors (Lipinski definition) is 3. The Bertz CT molecular complexity index is 607. The Kier molecular flexibility index (Phi) is 5.76. The fourth-order valence-corrected chi connectivity index (χ4v) is 3.22. The summed E-state index contributed by atoms with van der Waals surface area (Å²) in [5, 5.41) is 15.0. The van der Waals surface area contributed by atoms with Gasteiger partial charge in [0.1, 0.15) is 11.0 Å². The summed E-state index contributed by atoms with van der Waals surface area (Å²) in [7, 11) is 0. The number of carbonyl (C=O) groups is 3. The molecule has 1 aliphatic carbocycles. The minimum absolute atomic E-state index is 0.0462. The first-order valence-corrected chi connectivity index (χ1v) is 8.75. The van der Waals surface area contributed by atoms with Gasteiger partial charge in [0.15, 0.2) is 0 Å². The zero-order valence-corrected chi connectivity index (χ0v) is 14.2. The van der Waals surface area contributed by atoms with Crippen molar-refractivity contribution < 1.29 is 19.5 Å². The maximum atomic E-state index is 12.4. The van der Waals surface area contributed by atoms with Crippen LogP contribution in [0.5, 0.6) is 0 Å². The molecule has 0 radical (unpaired) electrons. The number of aliphatic carboxylic acids is 1. The molecule has 23 heavy (non-hydrogen) atoms. The monoisotopic (exact) mass is 338 g/mol. The Hall–Kier alpha value is -1.89. The molecule has 1 aromatic rings. The quantitative estimate of drug-likeness (QED) is 0.679. The van der Waals surface area contributed by atoms with Gasteiger partial charge in [-0.15, -0.1) is 11.3 Å². The molecule has 6 nitrogen and oxygen atoms in total. The number of aryl methyl sites for hydroxylation is 1. The molecule has 3 N–H and O–H groups in total. The zero-order valence-electron chi connectivity index (χ0n) is 13.3. The van der Waals surface area contributed by atoms with Crippen molar-refractivity contribution in [3.8, 4) is 0 Å². The van der Waals surface area contributed by atoms with Crippen molar-refractivity contribution in [2.45, 2.75) is 52.0 Å². The van der Waals surface area contributed by atoms with Gasteiger partial charge in [-0.25, -0.2) is 4.79 Å². The summed E-state index contributed by atoms with van der Waals surface area (Å²) in [5.41, 5.74) is 0.350. The lowest BCUT2D eigenvalue weighted by Gasteiger charge is -2.13. The number of hydrogen-bond acceptors (Lipinski definition) is 4. The number of anilines is 1. The second kappa shape index (κ2) is 7.59. The minimum Gasteiger partial charge on any atom is -0.480 e. The van der Waals surface area contributed by atoms with Crippen LogP contribution in [0, 0.1) is 5.92 Å². The van der Waals surface area contributed by atoms with Crippen molar-refractivity contribution in [1.29, 1.82) is 0 Å². The summed E-state index contributed by atoms with van der Waals surface area (Å²) in [6.45, 7) is 3.83. The van der Waals surface area contributed by atoms with Gasteiger partial charge in [0.2, 0.25) is 5.91 Å². The second-order valence-electron chi connectivity index (χ2n) is 5.73. The molecule has 1 unspecified atom stereocenters. The molecule has 2 amide bonds. The van der Waals surface area contributed by atoms with Crippen LogP contribution >= 0.6 is 11.3 Å². The van der Waals surface area contributed by atoms with Gasteiger partial charge >= 0.3 is 5.97 Å². The molecule has 126 valence electrons. The predicted octanol–water partition coefficient (Wildman–Crippen LogP) is 2.64. The van der Waals surface area contributed by atoms with Gasteiger partial charge in [0, 0.05) is 10.8 Å². The van der Waals surface area contributed by atoms with Crippen LogP contribution in [-0.2, 0) is 16.0 Å². The molecular formula is C16H22N2O4S. The molecule has 0 aromatic carbocycles. The van der Waals surface area contributed by atoms with E-state index in [1.165, 1.54) is 11.3 Å². The molecule has 1 aliphatic rings. The molecular weight excluding hydrogens is 316 g/mol. The third-order valence-electron chi connectivity index (χ3n) is 3.74. The van der Waals surface area contributed by atoms with Crippen LogP contribution in [0.3, 0.4) is 0 Å². The highest BCUT2D eigenvalue weighted by atomic mass is 32.1. The van der Waals surface area contributed by atoms with Gasteiger partial charge in [-0.3, -0.25) is 9.59 Å². The van der Waals surface area contributed by atoms with E-state index in [4.69, 9.17) is 5.11 Å². The first-order chi connectivity index (χ1) is 11.0. The van der Waals surface area contributed by atoms with E-state index in [0.717, 1.165) is 24.1 Å². The summed E-state index contributed by atoms with van der Waals surface area (Å²) >= 11 is 1.37. The summed E-state index contributed by atoms with van der Waals surface area (Å²) in [6, 6.07) is 0.817. The van der Waals surface area contributed by atoms with E-state index < -0.39 is 17.9 Å². The van der Waals surface area contributed by atoms with E-state index >= 15 is 0 Å². The summed E-state index contributed by atoms with van der Waals surface area (Å²) in [4.78, 5) is 36.6. The Balaban J connectivity index is 2.15. The lowest BCUT2D eigenvalue weighted by Crippen LogP contribution is -2.40. The number of rotatable bonds is 8. The third kappa shape index (κ3) is 4.54. The van der Waals surface area contributed by atoms with Crippen LogP contribution in [-0.4, -0.2) is 28.9 Å². The summed E-state index contributed by atoms with van der Waals surface area (Å²) in [6.07, 6.45) is 3.55. The van der Waals surface area contributed by atoms with Gasteiger partial charge < -0.3 is 15.7 Å². The third-order valence-corrected chi connectivity index (χ3v) is 4.94. The molecule has 1 fully saturated rings. The topological polar surface area (TPSA) is 95.5 Å². The van der Waals surface area contributed by atoms with Crippen LogP contribution in [0.15, 0.2) is 6.07 Å². The van der Waals surface area contributed by atoms with Crippen LogP contribution < -0.4 is 10.6 Å². The number of carboxylic acid groups (broad SMARTS) is 1. The fraction of sp³-hybridized carbons (Fsp3) is 0.562. The van der Waals surface area contributed by atoms with Gasteiger partial charge in [-0.2, -0.15) is 0 Å². The highest BCUT2D eigenvalue weighted by molar-refractivity contribution is 7.16. The van der Waals surface area contributed by atoms with Gasteiger partial charge in [-0.1, -0.05) is 20.3 Å². The normalized spacial score (nSPS) is 15.0. The van der Waals surface area contributed by atoms with Gasteiger partial charge in [-0.05, 0) is 31.7 Å². The summed E-state index contributed by atoms with van der Waals surface area (Å²) < 4.78 is 0. The molecule has 0 aliphatic heterocycles. The number of thiophene rings is 1. The smallest absolute Gasteiger partial charge is 0.326 e. The standard InChI is InChI=1S/C16H22N2O4S/c1-3-5-12(16(21)22)17-14(20)11-8-10(4-2)23-15(11)18-13(19)9-6-7-9/h8-9,12H,3-7H2,1-2H3,(H,17,20)(H,18,19)(H,21,22). The Morgan fingerprint density at radius 1 is 1.35 bits per heavy atom. The average Bonchev–Trinajstić information content (AvgIpc) is 3.28.